The standard InChI is InChI=1S/C21H19F2N3O2/c1-12-7-15-10-16(8-12)28-13(2)5-6-27-19-9-14(22)3-4-17(19)20-18(23)11-24-21(25-15)26-20/h3-4,7-11,13H,5-6H2,1-2H3,(H,24,25,26)/t13-/m1/s1. The van der Waals surface area contributed by atoms with E-state index in [0.717, 1.165) is 17.4 Å². The topological polar surface area (TPSA) is 56.3 Å². The third kappa shape index (κ3) is 3.88. The summed E-state index contributed by atoms with van der Waals surface area (Å²) in [5.74, 6) is 0.0505. The van der Waals surface area contributed by atoms with Gasteiger partial charge >= 0.3 is 0 Å². The molecule has 5 nitrogen and oxygen atoms in total. The van der Waals surface area contributed by atoms with Crippen LogP contribution in [0.2, 0.25) is 0 Å². The summed E-state index contributed by atoms with van der Waals surface area (Å²) in [6.45, 7) is 4.17. The van der Waals surface area contributed by atoms with Gasteiger partial charge in [-0.05, 0) is 43.7 Å². The second-order valence-corrected chi connectivity index (χ2v) is 6.76. The molecule has 1 aromatic heterocycles. The lowest BCUT2D eigenvalue weighted by atomic mass is 10.1. The Balaban J connectivity index is 1.84. The van der Waals surface area contributed by atoms with Gasteiger partial charge in [0.05, 0.1) is 18.9 Å². The van der Waals surface area contributed by atoms with Gasteiger partial charge in [0.25, 0.3) is 0 Å². The number of benzene rings is 2. The van der Waals surface area contributed by atoms with E-state index in [1.165, 1.54) is 18.2 Å². The molecule has 0 aliphatic carbocycles. The van der Waals surface area contributed by atoms with Crippen LogP contribution in [0.25, 0.3) is 11.3 Å². The molecule has 0 amide bonds. The van der Waals surface area contributed by atoms with Gasteiger partial charge in [-0.1, -0.05) is 0 Å². The highest BCUT2D eigenvalue weighted by atomic mass is 19.1. The molecule has 28 heavy (non-hydrogen) atoms. The SMILES string of the molecule is Cc1cc2cc(c1)O[C@H](C)CCOc1cc(F)ccc1-c1nc(ncc1F)N2. The summed E-state index contributed by atoms with van der Waals surface area (Å²) in [5, 5.41) is 3.08. The molecule has 0 unspecified atom stereocenters. The van der Waals surface area contributed by atoms with Gasteiger partial charge in [0.1, 0.15) is 23.0 Å². The number of hydrogen-bond donors (Lipinski definition) is 1. The molecule has 3 aromatic rings. The highest BCUT2D eigenvalue weighted by molar-refractivity contribution is 5.69. The molecule has 2 aromatic carbocycles. The Labute approximate surface area is 161 Å². The molecule has 1 atom stereocenters. The van der Waals surface area contributed by atoms with E-state index in [4.69, 9.17) is 9.47 Å². The van der Waals surface area contributed by atoms with Crippen LogP contribution in [-0.4, -0.2) is 22.7 Å². The van der Waals surface area contributed by atoms with Gasteiger partial charge in [-0.25, -0.2) is 18.7 Å². The highest BCUT2D eigenvalue weighted by Crippen LogP contribution is 2.33. The van der Waals surface area contributed by atoms with Crippen LogP contribution >= 0.6 is 0 Å². The Morgan fingerprint density at radius 3 is 2.86 bits per heavy atom. The summed E-state index contributed by atoms with van der Waals surface area (Å²) in [5.41, 5.74) is 2.13. The summed E-state index contributed by atoms with van der Waals surface area (Å²) >= 11 is 0. The van der Waals surface area contributed by atoms with E-state index >= 15 is 0 Å². The molecule has 0 radical (unpaired) electrons. The van der Waals surface area contributed by atoms with Gasteiger partial charge in [-0.2, -0.15) is 0 Å². The molecule has 1 N–H and O–H groups in total. The van der Waals surface area contributed by atoms with Crippen molar-refractivity contribution in [3.63, 3.8) is 0 Å². The Hall–Kier alpha value is -3.22. The van der Waals surface area contributed by atoms with Crippen molar-refractivity contribution in [3.05, 3.63) is 59.8 Å². The fourth-order valence-electron chi connectivity index (χ4n) is 3.07. The average molecular weight is 383 g/mol. The molecule has 0 saturated heterocycles. The lowest BCUT2D eigenvalue weighted by molar-refractivity contribution is 0.177. The van der Waals surface area contributed by atoms with Crippen LogP contribution in [-0.2, 0) is 0 Å². The van der Waals surface area contributed by atoms with Crippen molar-refractivity contribution in [1.82, 2.24) is 9.97 Å². The van der Waals surface area contributed by atoms with E-state index in [1.54, 1.807) is 0 Å². The van der Waals surface area contributed by atoms with Gasteiger partial charge in [-0.15, -0.1) is 0 Å². The van der Waals surface area contributed by atoms with Crippen molar-refractivity contribution in [2.24, 2.45) is 0 Å². The van der Waals surface area contributed by atoms with Crippen molar-refractivity contribution in [3.8, 4) is 22.8 Å². The third-order valence-corrected chi connectivity index (χ3v) is 4.37. The molecule has 4 bridgehead atoms. The van der Waals surface area contributed by atoms with Crippen LogP contribution in [0, 0.1) is 18.6 Å². The van der Waals surface area contributed by atoms with Crippen LogP contribution in [0.5, 0.6) is 11.5 Å². The first kappa shape index (κ1) is 18.2. The third-order valence-electron chi connectivity index (χ3n) is 4.37. The fourth-order valence-corrected chi connectivity index (χ4v) is 3.07. The smallest absolute Gasteiger partial charge is 0.227 e. The minimum Gasteiger partial charge on any atom is -0.493 e. The van der Waals surface area contributed by atoms with E-state index in [1.807, 2.05) is 32.0 Å². The predicted octanol–water partition coefficient (Wildman–Crippen LogP) is 5.02. The average Bonchev–Trinajstić information content (AvgIpc) is 2.63. The molecule has 4 rings (SSSR count). The lowest BCUT2D eigenvalue weighted by Gasteiger charge is -2.19. The number of anilines is 2. The van der Waals surface area contributed by atoms with E-state index in [-0.39, 0.29) is 30.1 Å². The summed E-state index contributed by atoms with van der Waals surface area (Å²) in [7, 11) is 0. The predicted molar refractivity (Wildman–Crippen MR) is 102 cm³/mol. The van der Waals surface area contributed by atoms with Gasteiger partial charge in [-0.3, -0.25) is 0 Å². The number of ether oxygens (including phenoxy) is 2. The zero-order chi connectivity index (χ0) is 19.7. The summed E-state index contributed by atoms with van der Waals surface area (Å²) < 4.78 is 39.9. The Bertz CT molecular complexity index is 1030. The molecule has 0 fully saturated rings. The van der Waals surface area contributed by atoms with Crippen molar-refractivity contribution in [2.45, 2.75) is 26.4 Å². The molecular weight excluding hydrogens is 364 g/mol. The lowest BCUT2D eigenvalue weighted by Crippen LogP contribution is -2.16. The number of aryl methyl sites for hydroxylation is 1. The Kier molecular flexibility index (Phi) is 4.81. The highest BCUT2D eigenvalue weighted by Gasteiger charge is 2.17. The second-order valence-electron chi connectivity index (χ2n) is 6.76. The van der Waals surface area contributed by atoms with Crippen LogP contribution in [0.15, 0.2) is 42.6 Å². The number of aromatic nitrogens is 2. The first-order chi connectivity index (χ1) is 13.5. The number of halogens is 2. The molecule has 2 heterocycles. The van der Waals surface area contributed by atoms with Crippen LogP contribution in [0.1, 0.15) is 18.9 Å². The first-order valence-corrected chi connectivity index (χ1v) is 8.98. The van der Waals surface area contributed by atoms with Crippen molar-refractivity contribution >= 4 is 11.6 Å². The van der Waals surface area contributed by atoms with E-state index in [9.17, 15) is 8.78 Å². The van der Waals surface area contributed by atoms with Gasteiger partial charge in [0.15, 0.2) is 5.82 Å². The molecule has 1 aliphatic heterocycles. The summed E-state index contributed by atoms with van der Waals surface area (Å²) in [6, 6.07) is 9.62. The minimum atomic E-state index is -0.615. The summed E-state index contributed by atoms with van der Waals surface area (Å²) in [4.78, 5) is 8.30. The molecule has 7 heteroatoms. The summed E-state index contributed by atoms with van der Waals surface area (Å²) in [6.07, 6.45) is 1.53. The van der Waals surface area contributed by atoms with Crippen LogP contribution < -0.4 is 14.8 Å². The number of nitrogens with zero attached hydrogens (tertiary/aromatic N) is 2. The van der Waals surface area contributed by atoms with Crippen molar-refractivity contribution in [1.29, 1.82) is 0 Å². The van der Waals surface area contributed by atoms with Crippen molar-refractivity contribution in [2.75, 3.05) is 11.9 Å². The van der Waals surface area contributed by atoms with E-state index in [0.29, 0.717) is 17.7 Å². The molecule has 0 saturated carbocycles. The zero-order valence-corrected chi connectivity index (χ0v) is 15.5. The molecule has 0 spiro atoms. The number of nitrogens with one attached hydrogen (secondary N) is 1. The maximum Gasteiger partial charge on any atom is 0.227 e. The van der Waals surface area contributed by atoms with Gasteiger partial charge < -0.3 is 14.8 Å². The minimum absolute atomic E-state index is 0.0433. The number of fused-ring (bicyclic) bond motifs is 6. The Morgan fingerprint density at radius 1 is 1.14 bits per heavy atom. The van der Waals surface area contributed by atoms with E-state index < -0.39 is 11.6 Å². The largest absolute Gasteiger partial charge is 0.493 e. The molecule has 144 valence electrons. The van der Waals surface area contributed by atoms with Gasteiger partial charge in [0.2, 0.25) is 5.95 Å². The fraction of sp³-hybridized carbons (Fsp3) is 0.238. The maximum absolute atomic E-state index is 14.5. The molecular formula is C21H19F2N3O2. The molecule has 1 aliphatic rings. The number of rotatable bonds is 0. The van der Waals surface area contributed by atoms with Crippen molar-refractivity contribution < 1.29 is 18.3 Å². The van der Waals surface area contributed by atoms with Crippen LogP contribution in [0.3, 0.4) is 0 Å². The normalized spacial score (nSPS) is 16.1. The van der Waals surface area contributed by atoms with Gasteiger partial charge in [0, 0.05) is 29.8 Å². The zero-order valence-electron chi connectivity index (χ0n) is 15.5. The first-order valence-electron chi connectivity index (χ1n) is 8.98. The Morgan fingerprint density at radius 2 is 2.00 bits per heavy atom. The second kappa shape index (κ2) is 7.42. The quantitative estimate of drug-likeness (QED) is 0.590. The maximum atomic E-state index is 14.5. The monoisotopic (exact) mass is 383 g/mol. The number of hydrogen-bond acceptors (Lipinski definition) is 5. The van der Waals surface area contributed by atoms with Crippen LogP contribution in [0.4, 0.5) is 20.4 Å². The van der Waals surface area contributed by atoms with E-state index in [2.05, 4.69) is 15.3 Å².